The molecule has 6 nitrogen and oxygen atoms in total. The Labute approximate surface area is 111 Å². The Kier molecular flexibility index (Phi) is 6.74. The molecule has 0 amide bonds. The number of nitrogens with zero attached hydrogens (tertiary/aromatic N) is 3. The summed E-state index contributed by atoms with van der Waals surface area (Å²) < 4.78 is 6.74. The van der Waals surface area contributed by atoms with Gasteiger partial charge in [0, 0.05) is 12.8 Å². The molecule has 0 aromatic carbocycles. The lowest BCUT2D eigenvalue weighted by atomic mass is 10.2. The van der Waals surface area contributed by atoms with Crippen LogP contribution in [0.4, 0.5) is 0 Å². The molecule has 1 unspecified atom stereocenters. The number of carbonyl (C=O) groups excluding carboxylic acids is 1. The monoisotopic (exact) mass is 272 g/mol. The average Bonchev–Trinajstić information content (AvgIpc) is 2.74. The van der Waals surface area contributed by atoms with Crippen LogP contribution >= 0.6 is 11.8 Å². The third kappa shape index (κ3) is 4.66. The Bertz CT molecular complexity index is 370. The number of hydrogen-bond donors (Lipinski definition) is 1. The lowest BCUT2D eigenvalue weighted by Crippen LogP contribution is -2.38. The van der Waals surface area contributed by atoms with Gasteiger partial charge in [0.15, 0.2) is 5.16 Å². The molecule has 1 rings (SSSR count). The van der Waals surface area contributed by atoms with Gasteiger partial charge in [0.1, 0.15) is 12.4 Å². The van der Waals surface area contributed by atoms with Crippen molar-refractivity contribution >= 4 is 17.7 Å². The summed E-state index contributed by atoms with van der Waals surface area (Å²) >= 11 is 1.58. The quantitative estimate of drug-likeness (QED) is 0.558. The van der Waals surface area contributed by atoms with Gasteiger partial charge >= 0.3 is 5.97 Å². The largest absolute Gasteiger partial charge is 0.465 e. The standard InChI is InChI=1S/C11H20N4O2S/c1-4-12-9(10(16)17-5-2)6-7-18-11-13-8-14-15(11)3/h8-9,12H,4-7H2,1-3H3. The molecule has 0 aliphatic rings. The van der Waals surface area contributed by atoms with Crippen molar-refractivity contribution in [2.75, 3.05) is 18.9 Å². The topological polar surface area (TPSA) is 69.0 Å². The highest BCUT2D eigenvalue weighted by Crippen LogP contribution is 2.15. The molecule has 0 aliphatic heterocycles. The third-order valence-corrected chi connectivity index (χ3v) is 3.40. The molecule has 1 aromatic rings. The highest BCUT2D eigenvalue weighted by Gasteiger charge is 2.18. The van der Waals surface area contributed by atoms with Crippen molar-refractivity contribution < 1.29 is 9.53 Å². The van der Waals surface area contributed by atoms with Crippen molar-refractivity contribution in [3.05, 3.63) is 6.33 Å². The Balaban J connectivity index is 2.37. The van der Waals surface area contributed by atoms with Gasteiger partial charge in [-0.05, 0) is 19.9 Å². The summed E-state index contributed by atoms with van der Waals surface area (Å²) in [5.74, 6) is 0.612. The number of rotatable bonds is 8. The van der Waals surface area contributed by atoms with Crippen LogP contribution in [-0.4, -0.2) is 45.7 Å². The van der Waals surface area contributed by atoms with Gasteiger partial charge < -0.3 is 10.1 Å². The van der Waals surface area contributed by atoms with E-state index in [1.807, 2.05) is 20.9 Å². The minimum atomic E-state index is -0.240. The number of likely N-dealkylation sites (N-methyl/N-ethyl adjacent to an activating group) is 1. The van der Waals surface area contributed by atoms with Crippen molar-refractivity contribution in [2.24, 2.45) is 7.05 Å². The number of aryl methyl sites for hydroxylation is 1. The van der Waals surface area contributed by atoms with Gasteiger partial charge in [-0.15, -0.1) is 0 Å². The average molecular weight is 272 g/mol. The fraction of sp³-hybridized carbons (Fsp3) is 0.727. The van der Waals surface area contributed by atoms with E-state index >= 15 is 0 Å². The zero-order valence-electron chi connectivity index (χ0n) is 11.0. The van der Waals surface area contributed by atoms with Crippen LogP contribution in [0.25, 0.3) is 0 Å². The molecule has 1 N–H and O–H groups in total. The summed E-state index contributed by atoms with van der Waals surface area (Å²) in [6, 6.07) is -0.240. The summed E-state index contributed by atoms with van der Waals surface area (Å²) in [6.45, 7) is 4.95. The van der Waals surface area contributed by atoms with Gasteiger partial charge in [-0.25, -0.2) is 9.67 Å². The van der Waals surface area contributed by atoms with Crippen LogP contribution in [0, 0.1) is 0 Å². The Morgan fingerprint density at radius 2 is 2.39 bits per heavy atom. The molecular weight excluding hydrogens is 252 g/mol. The van der Waals surface area contributed by atoms with Crippen LogP contribution in [0.5, 0.6) is 0 Å². The maximum absolute atomic E-state index is 11.7. The highest BCUT2D eigenvalue weighted by molar-refractivity contribution is 7.99. The van der Waals surface area contributed by atoms with Crippen LogP contribution in [-0.2, 0) is 16.6 Å². The summed E-state index contributed by atoms with van der Waals surface area (Å²) in [4.78, 5) is 15.8. The summed E-state index contributed by atoms with van der Waals surface area (Å²) in [6.07, 6.45) is 2.24. The molecule has 0 bridgehead atoms. The van der Waals surface area contributed by atoms with Gasteiger partial charge in [0.2, 0.25) is 0 Å². The molecule has 0 saturated heterocycles. The molecule has 18 heavy (non-hydrogen) atoms. The number of aromatic nitrogens is 3. The molecular formula is C11H20N4O2S. The lowest BCUT2D eigenvalue weighted by Gasteiger charge is -2.15. The van der Waals surface area contributed by atoms with Crippen LogP contribution in [0.15, 0.2) is 11.5 Å². The second-order valence-corrected chi connectivity index (χ2v) is 4.73. The predicted molar refractivity (Wildman–Crippen MR) is 70.4 cm³/mol. The number of hydrogen-bond acceptors (Lipinski definition) is 6. The Morgan fingerprint density at radius 1 is 1.61 bits per heavy atom. The van der Waals surface area contributed by atoms with Crippen LogP contribution in [0.3, 0.4) is 0 Å². The predicted octanol–water partition coefficient (Wildman–Crippen LogP) is 0.838. The lowest BCUT2D eigenvalue weighted by molar-refractivity contribution is -0.145. The maximum Gasteiger partial charge on any atom is 0.323 e. The number of thioether (sulfide) groups is 1. The zero-order chi connectivity index (χ0) is 13.4. The molecule has 0 saturated carbocycles. The van der Waals surface area contributed by atoms with E-state index in [2.05, 4.69) is 15.4 Å². The van der Waals surface area contributed by atoms with E-state index in [-0.39, 0.29) is 12.0 Å². The molecule has 1 atom stereocenters. The first-order valence-corrected chi connectivity index (χ1v) is 7.04. The molecule has 0 fully saturated rings. The second kappa shape index (κ2) is 8.10. The Morgan fingerprint density at radius 3 is 2.94 bits per heavy atom. The van der Waals surface area contributed by atoms with Crippen molar-refractivity contribution in [3.8, 4) is 0 Å². The minimum absolute atomic E-state index is 0.182. The van der Waals surface area contributed by atoms with E-state index in [9.17, 15) is 4.79 Å². The van der Waals surface area contributed by atoms with Crippen molar-refractivity contribution in [1.29, 1.82) is 0 Å². The van der Waals surface area contributed by atoms with Crippen LogP contribution in [0.2, 0.25) is 0 Å². The zero-order valence-corrected chi connectivity index (χ0v) is 11.9. The smallest absolute Gasteiger partial charge is 0.323 e. The van der Waals surface area contributed by atoms with Gasteiger partial charge in [0.25, 0.3) is 0 Å². The molecule has 1 heterocycles. The molecule has 7 heteroatoms. The summed E-state index contributed by atoms with van der Waals surface area (Å²) in [5, 5.41) is 7.98. The van der Waals surface area contributed by atoms with E-state index in [1.165, 1.54) is 6.33 Å². The van der Waals surface area contributed by atoms with Gasteiger partial charge in [-0.2, -0.15) is 5.10 Å². The van der Waals surface area contributed by atoms with Gasteiger partial charge in [-0.1, -0.05) is 18.7 Å². The van der Waals surface area contributed by atoms with Crippen molar-refractivity contribution in [3.63, 3.8) is 0 Å². The molecule has 1 aromatic heterocycles. The normalized spacial score (nSPS) is 12.4. The summed E-state index contributed by atoms with van der Waals surface area (Å²) in [5.41, 5.74) is 0. The van der Waals surface area contributed by atoms with Crippen molar-refractivity contribution in [2.45, 2.75) is 31.5 Å². The molecule has 0 spiro atoms. The fourth-order valence-electron chi connectivity index (χ4n) is 1.48. The fourth-order valence-corrected chi connectivity index (χ4v) is 2.37. The summed E-state index contributed by atoms with van der Waals surface area (Å²) in [7, 11) is 1.85. The maximum atomic E-state index is 11.7. The minimum Gasteiger partial charge on any atom is -0.465 e. The number of carbonyl (C=O) groups is 1. The number of ether oxygens (including phenoxy) is 1. The first kappa shape index (κ1) is 15.0. The van der Waals surface area contributed by atoms with E-state index < -0.39 is 0 Å². The van der Waals surface area contributed by atoms with E-state index in [0.717, 1.165) is 17.5 Å². The molecule has 0 aliphatic carbocycles. The number of nitrogens with one attached hydrogen (secondary N) is 1. The molecule has 0 radical (unpaired) electrons. The van der Waals surface area contributed by atoms with Gasteiger partial charge in [-0.3, -0.25) is 4.79 Å². The van der Waals surface area contributed by atoms with Gasteiger partial charge in [0.05, 0.1) is 6.61 Å². The SMILES string of the molecule is CCNC(CCSc1ncnn1C)C(=O)OCC. The third-order valence-electron chi connectivity index (χ3n) is 2.33. The highest BCUT2D eigenvalue weighted by atomic mass is 32.2. The van der Waals surface area contributed by atoms with E-state index in [4.69, 9.17) is 4.74 Å². The first-order chi connectivity index (χ1) is 8.69. The van der Waals surface area contributed by atoms with E-state index in [0.29, 0.717) is 13.0 Å². The first-order valence-electron chi connectivity index (χ1n) is 6.05. The number of esters is 1. The molecule has 102 valence electrons. The van der Waals surface area contributed by atoms with Crippen molar-refractivity contribution in [1.82, 2.24) is 20.1 Å². The Hall–Kier alpha value is -1.08. The van der Waals surface area contributed by atoms with E-state index in [1.54, 1.807) is 16.4 Å². The second-order valence-electron chi connectivity index (χ2n) is 3.67. The van der Waals surface area contributed by atoms with Crippen LogP contribution in [0.1, 0.15) is 20.3 Å². The van der Waals surface area contributed by atoms with Crippen LogP contribution < -0.4 is 5.32 Å².